The van der Waals surface area contributed by atoms with E-state index in [0.717, 1.165) is 50.1 Å². The number of nitrogens with zero attached hydrogens (tertiary/aromatic N) is 1. The van der Waals surface area contributed by atoms with Gasteiger partial charge < -0.3 is 9.32 Å². The quantitative estimate of drug-likeness (QED) is 0.186. The second-order valence-corrected chi connectivity index (χ2v) is 11.7. The molecule has 0 aliphatic rings. The van der Waals surface area contributed by atoms with Crippen molar-refractivity contribution in [3.63, 3.8) is 0 Å². The van der Waals surface area contributed by atoms with Gasteiger partial charge in [-0.25, -0.2) is 0 Å². The SMILES string of the molecule is c1ccc(N(c2ccc(-c3cccc4c3oc3ccccc34)cc2)c2ccccc2-c2cccc3c2ccc2ccccc23)cc1. The van der Waals surface area contributed by atoms with E-state index in [1.54, 1.807) is 0 Å². The lowest BCUT2D eigenvalue weighted by Crippen LogP contribution is -2.11. The van der Waals surface area contributed by atoms with E-state index in [0.29, 0.717) is 0 Å². The molecule has 8 aromatic carbocycles. The van der Waals surface area contributed by atoms with Gasteiger partial charge in [0.1, 0.15) is 11.2 Å². The molecular weight excluding hydrogens is 558 g/mol. The van der Waals surface area contributed by atoms with Crippen molar-refractivity contribution in [2.75, 3.05) is 4.90 Å². The second kappa shape index (κ2) is 10.8. The van der Waals surface area contributed by atoms with Gasteiger partial charge in [0.05, 0.1) is 5.69 Å². The predicted molar refractivity (Wildman–Crippen MR) is 194 cm³/mol. The number of para-hydroxylation sites is 4. The van der Waals surface area contributed by atoms with Crippen LogP contribution in [0.2, 0.25) is 0 Å². The van der Waals surface area contributed by atoms with E-state index in [4.69, 9.17) is 4.42 Å². The highest BCUT2D eigenvalue weighted by atomic mass is 16.3. The van der Waals surface area contributed by atoms with Gasteiger partial charge in [0, 0.05) is 33.3 Å². The van der Waals surface area contributed by atoms with Gasteiger partial charge >= 0.3 is 0 Å². The molecule has 2 heteroatoms. The van der Waals surface area contributed by atoms with Crippen LogP contribution in [-0.4, -0.2) is 0 Å². The van der Waals surface area contributed by atoms with Gasteiger partial charge in [-0.1, -0.05) is 140 Å². The molecule has 0 amide bonds. The van der Waals surface area contributed by atoms with Gasteiger partial charge in [-0.15, -0.1) is 0 Å². The Morgan fingerprint density at radius 3 is 1.85 bits per heavy atom. The molecule has 0 saturated carbocycles. The summed E-state index contributed by atoms with van der Waals surface area (Å²) in [5, 5.41) is 7.32. The fourth-order valence-electron chi connectivity index (χ4n) is 6.94. The molecule has 9 rings (SSSR count). The maximum atomic E-state index is 6.37. The number of fused-ring (bicyclic) bond motifs is 6. The van der Waals surface area contributed by atoms with E-state index in [1.165, 1.54) is 32.7 Å². The van der Waals surface area contributed by atoms with E-state index in [1.807, 2.05) is 12.1 Å². The summed E-state index contributed by atoms with van der Waals surface area (Å²) in [5.41, 5.74) is 9.76. The van der Waals surface area contributed by atoms with Crippen LogP contribution >= 0.6 is 0 Å². The molecule has 0 unspecified atom stereocenters. The second-order valence-electron chi connectivity index (χ2n) is 11.7. The Kier molecular flexibility index (Phi) is 6.17. The van der Waals surface area contributed by atoms with Crippen LogP contribution < -0.4 is 4.90 Å². The van der Waals surface area contributed by atoms with E-state index < -0.39 is 0 Å². The Morgan fingerprint density at radius 1 is 0.348 bits per heavy atom. The molecule has 0 radical (unpaired) electrons. The number of rotatable bonds is 5. The summed E-state index contributed by atoms with van der Waals surface area (Å²) < 4.78 is 6.37. The van der Waals surface area contributed by atoms with Gasteiger partial charge in [0.15, 0.2) is 0 Å². The summed E-state index contributed by atoms with van der Waals surface area (Å²) >= 11 is 0. The van der Waals surface area contributed by atoms with Crippen LogP contribution in [0.4, 0.5) is 17.1 Å². The third kappa shape index (κ3) is 4.27. The number of benzene rings is 8. The maximum Gasteiger partial charge on any atom is 0.143 e. The van der Waals surface area contributed by atoms with Gasteiger partial charge in [0.2, 0.25) is 0 Å². The van der Waals surface area contributed by atoms with Gasteiger partial charge in [-0.05, 0) is 69.1 Å². The topological polar surface area (TPSA) is 16.4 Å². The molecule has 0 N–H and O–H groups in total. The number of furan rings is 1. The Morgan fingerprint density at radius 2 is 0.978 bits per heavy atom. The first-order valence-corrected chi connectivity index (χ1v) is 15.7. The minimum Gasteiger partial charge on any atom is -0.455 e. The molecule has 0 aliphatic carbocycles. The van der Waals surface area contributed by atoms with Gasteiger partial charge in [-0.3, -0.25) is 0 Å². The van der Waals surface area contributed by atoms with Gasteiger partial charge in [0.25, 0.3) is 0 Å². The van der Waals surface area contributed by atoms with Crippen LogP contribution in [0.5, 0.6) is 0 Å². The number of anilines is 3. The van der Waals surface area contributed by atoms with Crippen LogP contribution in [0.3, 0.4) is 0 Å². The standard InChI is InChI=1S/C44H29NO/c1-2-13-32(14-3-1)45(33-27-24-31(25-28-33)35-18-10-21-41-40-17-7-9-23-43(40)46-44(35)41)42-22-8-6-16-39(42)37-20-11-19-36-34-15-5-4-12-30(34)26-29-38(36)37/h1-29H. The normalized spacial score (nSPS) is 11.5. The highest BCUT2D eigenvalue weighted by Crippen LogP contribution is 2.44. The Hall–Kier alpha value is -6.12. The van der Waals surface area contributed by atoms with E-state index in [-0.39, 0.29) is 0 Å². The first-order chi connectivity index (χ1) is 22.8. The molecule has 2 nitrogen and oxygen atoms in total. The molecule has 0 saturated heterocycles. The fourth-order valence-corrected chi connectivity index (χ4v) is 6.94. The third-order valence-corrected chi connectivity index (χ3v) is 9.08. The molecule has 0 fully saturated rings. The Labute approximate surface area is 267 Å². The van der Waals surface area contributed by atoms with Crippen molar-refractivity contribution in [2.45, 2.75) is 0 Å². The molecule has 46 heavy (non-hydrogen) atoms. The first-order valence-electron chi connectivity index (χ1n) is 15.7. The lowest BCUT2D eigenvalue weighted by Gasteiger charge is -2.28. The molecule has 0 atom stereocenters. The fraction of sp³-hybridized carbons (Fsp3) is 0. The van der Waals surface area contributed by atoms with Crippen molar-refractivity contribution < 1.29 is 4.42 Å². The molecular formula is C44H29NO. The first kappa shape index (κ1) is 26.3. The highest BCUT2D eigenvalue weighted by molar-refractivity contribution is 6.13. The molecule has 0 bridgehead atoms. The Bertz CT molecular complexity index is 2530. The van der Waals surface area contributed by atoms with Crippen LogP contribution in [0.15, 0.2) is 180 Å². The van der Waals surface area contributed by atoms with Crippen molar-refractivity contribution in [2.24, 2.45) is 0 Å². The van der Waals surface area contributed by atoms with E-state index in [9.17, 15) is 0 Å². The summed E-state index contributed by atoms with van der Waals surface area (Å²) in [7, 11) is 0. The predicted octanol–water partition coefficient (Wildman–Crippen LogP) is 12.7. The summed E-state index contributed by atoms with van der Waals surface area (Å²) in [4.78, 5) is 2.36. The summed E-state index contributed by atoms with van der Waals surface area (Å²) in [5.74, 6) is 0. The smallest absolute Gasteiger partial charge is 0.143 e. The largest absolute Gasteiger partial charge is 0.455 e. The van der Waals surface area contributed by atoms with Crippen molar-refractivity contribution in [1.82, 2.24) is 0 Å². The molecule has 0 spiro atoms. The molecule has 0 aliphatic heterocycles. The van der Waals surface area contributed by atoms with Crippen LogP contribution in [0.1, 0.15) is 0 Å². The summed E-state index contributed by atoms with van der Waals surface area (Å²) in [6.07, 6.45) is 0. The van der Waals surface area contributed by atoms with E-state index in [2.05, 4.69) is 169 Å². The minimum atomic E-state index is 0.912. The summed E-state index contributed by atoms with van der Waals surface area (Å²) in [6.45, 7) is 0. The van der Waals surface area contributed by atoms with Crippen molar-refractivity contribution in [1.29, 1.82) is 0 Å². The Balaban J connectivity index is 1.20. The number of hydrogen-bond acceptors (Lipinski definition) is 2. The van der Waals surface area contributed by atoms with Gasteiger partial charge in [-0.2, -0.15) is 0 Å². The zero-order valence-corrected chi connectivity index (χ0v) is 25.1. The molecule has 9 aromatic rings. The lowest BCUT2D eigenvalue weighted by molar-refractivity contribution is 0.670. The number of hydrogen-bond donors (Lipinski definition) is 0. The lowest BCUT2D eigenvalue weighted by atomic mass is 9.93. The monoisotopic (exact) mass is 587 g/mol. The van der Waals surface area contributed by atoms with Crippen molar-refractivity contribution >= 4 is 60.5 Å². The highest BCUT2D eigenvalue weighted by Gasteiger charge is 2.19. The average molecular weight is 588 g/mol. The maximum absolute atomic E-state index is 6.37. The molecule has 216 valence electrons. The minimum absolute atomic E-state index is 0.912. The zero-order valence-electron chi connectivity index (χ0n) is 25.1. The van der Waals surface area contributed by atoms with Crippen LogP contribution in [0.25, 0.3) is 65.7 Å². The van der Waals surface area contributed by atoms with Crippen molar-refractivity contribution in [3.8, 4) is 22.3 Å². The van der Waals surface area contributed by atoms with Crippen molar-refractivity contribution in [3.05, 3.63) is 176 Å². The van der Waals surface area contributed by atoms with Crippen LogP contribution in [0, 0.1) is 0 Å². The average Bonchev–Trinajstić information content (AvgIpc) is 3.52. The third-order valence-electron chi connectivity index (χ3n) is 9.08. The van der Waals surface area contributed by atoms with E-state index >= 15 is 0 Å². The zero-order chi connectivity index (χ0) is 30.5. The summed E-state index contributed by atoms with van der Waals surface area (Å²) in [6, 6.07) is 62.7. The molecule has 1 aromatic heterocycles. The molecule has 1 heterocycles. The van der Waals surface area contributed by atoms with Crippen LogP contribution in [-0.2, 0) is 0 Å².